The van der Waals surface area contributed by atoms with Gasteiger partial charge in [-0.1, -0.05) is 25.4 Å². The predicted molar refractivity (Wildman–Crippen MR) is 96.2 cm³/mol. The monoisotopic (exact) mass is 351 g/mol. The molecule has 0 radical (unpaired) electrons. The lowest BCUT2D eigenvalue weighted by atomic mass is 10.0. The Morgan fingerprint density at radius 2 is 2.00 bits per heavy atom. The summed E-state index contributed by atoms with van der Waals surface area (Å²) < 4.78 is 0. The highest BCUT2D eigenvalue weighted by atomic mass is 35.5. The fourth-order valence-corrected chi connectivity index (χ4v) is 2.95. The van der Waals surface area contributed by atoms with Crippen LogP contribution in [0, 0.1) is 5.92 Å². The first-order valence-electron chi connectivity index (χ1n) is 8.53. The molecule has 1 heterocycles. The fourth-order valence-electron chi connectivity index (χ4n) is 2.82. The van der Waals surface area contributed by atoms with Crippen molar-refractivity contribution in [3.8, 4) is 0 Å². The van der Waals surface area contributed by atoms with Crippen molar-refractivity contribution in [1.82, 2.24) is 16.0 Å². The summed E-state index contributed by atoms with van der Waals surface area (Å²) in [5, 5.41) is 9.77. The van der Waals surface area contributed by atoms with Gasteiger partial charge in [0.05, 0.1) is 0 Å². The van der Waals surface area contributed by atoms with Crippen molar-refractivity contribution in [2.24, 2.45) is 5.92 Å². The lowest BCUT2D eigenvalue weighted by Crippen LogP contribution is -2.53. The van der Waals surface area contributed by atoms with Crippen molar-refractivity contribution < 1.29 is 9.59 Å². The molecule has 24 heavy (non-hydrogen) atoms. The maximum atomic E-state index is 12.6. The second kappa shape index (κ2) is 9.04. The molecule has 1 saturated heterocycles. The van der Waals surface area contributed by atoms with Gasteiger partial charge in [-0.25, -0.2) is 0 Å². The van der Waals surface area contributed by atoms with Crippen LogP contribution in [-0.4, -0.2) is 37.0 Å². The molecule has 0 saturated carbocycles. The Kier molecular flexibility index (Phi) is 7.06. The Morgan fingerprint density at radius 1 is 1.29 bits per heavy atom. The van der Waals surface area contributed by atoms with Crippen LogP contribution in [0.5, 0.6) is 0 Å². The lowest BCUT2D eigenvalue weighted by molar-refractivity contribution is -0.124. The molecule has 0 spiro atoms. The van der Waals surface area contributed by atoms with Gasteiger partial charge in [0.2, 0.25) is 5.91 Å². The molecule has 2 unspecified atom stereocenters. The summed E-state index contributed by atoms with van der Waals surface area (Å²) in [5.74, 6) is -0.0651. The smallest absolute Gasteiger partial charge is 0.251 e. The predicted octanol–water partition coefficient (Wildman–Crippen LogP) is 2.35. The van der Waals surface area contributed by atoms with Gasteiger partial charge in [0, 0.05) is 23.2 Å². The number of hydrogen-bond donors (Lipinski definition) is 3. The van der Waals surface area contributed by atoms with E-state index in [0.717, 1.165) is 25.9 Å². The first-order valence-corrected chi connectivity index (χ1v) is 8.91. The van der Waals surface area contributed by atoms with E-state index in [-0.39, 0.29) is 17.9 Å². The van der Waals surface area contributed by atoms with Gasteiger partial charge in [0.1, 0.15) is 6.04 Å². The third-order valence-corrected chi connectivity index (χ3v) is 4.33. The highest BCUT2D eigenvalue weighted by molar-refractivity contribution is 6.30. The fraction of sp³-hybridized carbons (Fsp3) is 0.556. The lowest BCUT2D eigenvalue weighted by Gasteiger charge is -2.27. The van der Waals surface area contributed by atoms with Gasteiger partial charge in [0.25, 0.3) is 5.91 Å². The SMILES string of the molecule is CC(C)CC(NC(=O)c1ccc(Cl)cc1)C(=O)NC1CCCNC1. The minimum Gasteiger partial charge on any atom is -0.350 e. The van der Waals surface area contributed by atoms with E-state index >= 15 is 0 Å². The molecule has 1 aromatic carbocycles. The molecule has 5 nitrogen and oxygen atoms in total. The zero-order valence-electron chi connectivity index (χ0n) is 14.3. The number of nitrogens with one attached hydrogen (secondary N) is 3. The first-order chi connectivity index (χ1) is 11.5. The van der Waals surface area contributed by atoms with Gasteiger partial charge < -0.3 is 16.0 Å². The summed E-state index contributed by atoms with van der Waals surface area (Å²) in [7, 11) is 0. The van der Waals surface area contributed by atoms with E-state index in [4.69, 9.17) is 11.6 Å². The minimum absolute atomic E-state index is 0.111. The molecule has 1 aromatic rings. The van der Waals surface area contributed by atoms with Crippen LogP contribution in [0.2, 0.25) is 5.02 Å². The van der Waals surface area contributed by atoms with Crippen molar-refractivity contribution in [3.63, 3.8) is 0 Å². The molecular formula is C18H26ClN3O2. The molecule has 0 bridgehead atoms. The van der Waals surface area contributed by atoms with E-state index < -0.39 is 6.04 Å². The average Bonchev–Trinajstić information content (AvgIpc) is 2.55. The zero-order valence-corrected chi connectivity index (χ0v) is 15.0. The highest BCUT2D eigenvalue weighted by Gasteiger charge is 2.25. The topological polar surface area (TPSA) is 70.2 Å². The van der Waals surface area contributed by atoms with Crippen molar-refractivity contribution >= 4 is 23.4 Å². The Hall–Kier alpha value is -1.59. The first kappa shape index (κ1) is 18.7. The van der Waals surface area contributed by atoms with Gasteiger partial charge in [-0.15, -0.1) is 0 Å². The summed E-state index contributed by atoms with van der Waals surface area (Å²) in [6.45, 7) is 5.86. The van der Waals surface area contributed by atoms with Gasteiger partial charge in [0.15, 0.2) is 0 Å². The van der Waals surface area contributed by atoms with E-state index in [9.17, 15) is 9.59 Å². The van der Waals surface area contributed by atoms with E-state index in [0.29, 0.717) is 22.9 Å². The number of benzene rings is 1. The summed E-state index contributed by atoms with van der Waals surface area (Å²) in [5.41, 5.74) is 0.500. The minimum atomic E-state index is -0.532. The standard InChI is InChI=1S/C18H26ClN3O2/c1-12(2)10-16(18(24)21-15-4-3-9-20-11-15)22-17(23)13-5-7-14(19)8-6-13/h5-8,12,15-16,20H,3-4,9-11H2,1-2H3,(H,21,24)(H,22,23). The van der Waals surface area contributed by atoms with Gasteiger partial charge in [-0.2, -0.15) is 0 Å². The number of rotatable bonds is 6. The molecule has 1 fully saturated rings. The van der Waals surface area contributed by atoms with E-state index in [1.54, 1.807) is 24.3 Å². The Balaban J connectivity index is 1.99. The number of halogens is 1. The quantitative estimate of drug-likeness (QED) is 0.736. The number of carbonyl (C=O) groups is 2. The van der Waals surface area contributed by atoms with Crippen molar-refractivity contribution in [2.45, 2.75) is 45.2 Å². The van der Waals surface area contributed by atoms with Gasteiger partial charge >= 0.3 is 0 Å². The van der Waals surface area contributed by atoms with Crippen molar-refractivity contribution in [2.75, 3.05) is 13.1 Å². The van der Waals surface area contributed by atoms with Crippen LogP contribution in [0.15, 0.2) is 24.3 Å². The second-order valence-corrected chi connectivity index (χ2v) is 7.15. The molecule has 0 aliphatic carbocycles. The molecule has 132 valence electrons. The molecule has 1 aliphatic rings. The van der Waals surface area contributed by atoms with Crippen LogP contribution in [0.3, 0.4) is 0 Å². The maximum Gasteiger partial charge on any atom is 0.251 e. The summed E-state index contributed by atoms with van der Waals surface area (Å²) in [6.07, 6.45) is 2.63. The molecule has 2 atom stereocenters. The molecule has 2 amide bonds. The normalized spacial score (nSPS) is 18.9. The Bertz CT molecular complexity index is 554. The van der Waals surface area contributed by atoms with Crippen LogP contribution in [0.25, 0.3) is 0 Å². The summed E-state index contributed by atoms with van der Waals surface area (Å²) >= 11 is 5.85. The Labute approximate surface area is 148 Å². The maximum absolute atomic E-state index is 12.6. The van der Waals surface area contributed by atoms with Crippen LogP contribution in [0.1, 0.15) is 43.5 Å². The number of carbonyl (C=O) groups excluding carboxylic acids is 2. The Morgan fingerprint density at radius 3 is 2.58 bits per heavy atom. The van der Waals surface area contributed by atoms with Crippen molar-refractivity contribution in [3.05, 3.63) is 34.9 Å². The largest absolute Gasteiger partial charge is 0.350 e. The third-order valence-electron chi connectivity index (χ3n) is 4.08. The molecule has 1 aliphatic heterocycles. The van der Waals surface area contributed by atoms with Gasteiger partial charge in [-0.3, -0.25) is 9.59 Å². The van der Waals surface area contributed by atoms with Crippen LogP contribution in [-0.2, 0) is 4.79 Å². The summed E-state index contributed by atoms with van der Waals surface area (Å²) in [4.78, 5) is 25.0. The third kappa shape index (κ3) is 5.80. The molecule has 2 rings (SSSR count). The van der Waals surface area contributed by atoms with E-state index in [1.165, 1.54) is 0 Å². The number of amides is 2. The van der Waals surface area contributed by atoms with Gasteiger partial charge in [-0.05, 0) is 56.0 Å². The number of piperidine rings is 1. The summed E-state index contributed by atoms with van der Waals surface area (Å²) in [6, 6.07) is 6.26. The highest BCUT2D eigenvalue weighted by Crippen LogP contribution is 2.11. The number of hydrogen-bond acceptors (Lipinski definition) is 3. The van der Waals surface area contributed by atoms with Crippen molar-refractivity contribution in [1.29, 1.82) is 0 Å². The zero-order chi connectivity index (χ0) is 17.5. The molecule has 0 aromatic heterocycles. The molecular weight excluding hydrogens is 326 g/mol. The van der Waals surface area contributed by atoms with Crippen LogP contribution >= 0.6 is 11.6 Å². The molecule has 6 heteroatoms. The second-order valence-electron chi connectivity index (χ2n) is 6.71. The van der Waals surface area contributed by atoms with Crippen LogP contribution < -0.4 is 16.0 Å². The average molecular weight is 352 g/mol. The van der Waals surface area contributed by atoms with Crippen LogP contribution in [0.4, 0.5) is 0 Å². The van der Waals surface area contributed by atoms with E-state index in [2.05, 4.69) is 16.0 Å². The molecule has 3 N–H and O–H groups in total. The van der Waals surface area contributed by atoms with E-state index in [1.807, 2.05) is 13.8 Å².